The highest BCUT2D eigenvalue weighted by Gasteiger charge is 2.29. The van der Waals surface area contributed by atoms with Crippen molar-refractivity contribution >= 4 is 0 Å². The van der Waals surface area contributed by atoms with E-state index in [0.29, 0.717) is 0 Å². The highest BCUT2D eigenvalue weighted by molar-refractivity contribution is 4.87. The lowest BCUT2D eigenvalue weighted by Crippen LogP contribution is -2.51. The Balaban J connectivity index is 1.96. The summed E-state index contributed by atoms with van der Waals surface area (Å²) in [5.41, 5.74) is 0. The van der Waals surface area contributed by atoms with E-state index >= 15 is 0 Å². The summed E-state index contributed by atoms with van der Waals surface area (Å²) in [5, 5.41) is 3.89. The number of rotatable bonds is 5. The van der Waals surface area contributed by atoms with Crippen LogP contribution in [0.25, 0.3) is 0 Å². The molecule has 3 unspecified atom stereocenters. The third-order valence-electron chi connectivity index (χ3n) is 5.81. The molecule has 1 aliphatic carbocycles. The first-order valence-corrected chi connectivity index (χ1v) is 9.82. The van der Waals surface area contributed by atoms with Crippen LogP contribution in [-0.2, 0) is 0 Å². The van der Waals surface area contributed by atoms with Crippen LogP contribution in [0.15, 0.2) is 0 Å². The van der Waals surface area contributed by atoms with Crippen molar-refractivity contribution in [1.82, 2.24) is 10.2 Å². The first-order valence-electron chi connectivity index (χ1n) is 9.82. The average Bonchev–Trinajstić information content (AvgIpc) is 2.72. The smallest absolute Gasteiger partial charge is 0.0249 e. The Morgan fingerprint density at radius 3 is 2.43 bits per heavy atom. The van der Waals surface area contributed by atoms with Crippen LogP contribution < -0.4 is 5.32 Å². The summed E-state index contributed by atoms with van der Waals surface area (Å²) in [7, 11) is 0. The van der Waals surface area contributed by atoms with Gasteiger partial charge in [0.2, 0.25) is 0 Å². The number of nitrogens with one attached hydrogen (secondary N) is 1. The number of nitrogens with zero attached hydrogens (tertiary/aromatic N) is 1. The quantitative estimate of drug-likeness (QED) is 0.798. The molecule has 2 nitrogen and oxygen atoms in total. The lowest BCUT2D eigenvalue weighted by Gasteiger charge is -2.38. The van der Waals surface area contributed by atoms with E-state index in [1.807, 2.05) is 0 Å². The van der Waals surface area contributed by atoms with Gasteiger partial charge in [-0.05, 0) is 64.1 Å². The fourth-order valence-corrected chi connectivity index (χ4v) is 4.40. The van der Waals surface area contributed by atoms with Gasteiger partial charge < -0.3 is 5.32 Å². The third kappa shape index (κ3) is 5.56. The number of hydrogen-bond acceptors (Lipinski definition) is 2. The molecule has 2 rings (SSSR count). The Hall–Kier alpha value is -0.0800. The van der Waals surface area contributed by atoms with Gasteiger partial charge in [0.05, 0.1) is 0 Å². The molecule has 1 saturated carbocycles. The summed E-state index contributed by atoms with van der Waals surface area (Å²) in [5.74, 6) is 0.991. The Labute approximate surface area is 133 Å². The van der Waals surface area contributed by atoms with Crippen LogP contribution in [-0.4, -0.2) is 36.6 Å². The van der Waals surface area contributed by atoms with E-state index in [0.717, 1.165) is 18.0 Å². The maximum Gasteiger partial charge on any atom is 0.0249 e. The molecule has 2 aliphatic rings. The van der Waals surface area contributed by atoms with Crippen molar-refractivity contribution in [2.75, 3.05) is 19.6 Å². The van der Waals surface area contributed by atoms with E-state index in [1.165, 1.54) is 90.3 Å². The van der Waals surface area contributed by atoms with Gasteiger partial charge in [-0.25, -0.2) is 0 Å². The Kier molecular flexibility index (Phi) is 8.10. The lowest BCUT2D eigenvalue weighted by atomic mass is 9.90. The minimum absolute atomic E-state index is 0.753. The molecule has 0 amide bonds. The maximum absolute atomic E-state index is 3.89. The molecule has 0 aromatic rings. The van der Waals surface area contributed by atoms with Gasteiger partial charge in [-0.1, -0.05) is 46.0 Å². The SMILES string of the molecule is CCCNC1CCCCCCC1N1CCCC(CC)CC1. The lowest BCUT2D eigenvalue weighted by molar-refractivity contribution is 0.136. The molecule has 21 heavy (non-hydrogen) atoms. The van der Waals surface area contributed by atoms with Gasteiger partial charge in [-0.2, -0.15) is 0 Å². The summed E-state index contributed by atoms with van der Waals surface area (Å²) in [4.78, 5) is 2.87. The van der Waals surface area contributed by atoms with Gasteiger partial charge in [0, 0.05) is 12.1 Å². The molecule has 0 spiro atoms. The van der Waals surface area contributed by atoms with Crippen LogP contribution in [0.4, 0.5) is 0 Å². The zero-order valence-corrected chi connectivity index (χ0v) is 14.6. The highest BCUT2D eigenvalue weighted by Crippen LogP contribution is 2.27. The van der Waals surface area contributed by atoms with Crippen molar-refractivity contribution < 1.29 is 0 Å². The molecule has 2 fully saturated rings. The van der Waals surface area contributed by atoms with E-state index in [2.05, 4.69) is 24.1 Å². The Morgan fingerprint density at radius 1 is 0.857 bits per heavy atom. The van der Waals surface area contributed by atoms with Gasteiger partial charge in [-0.3, -0.25) is 4.90 Å². The predicted molar refractivity (Wildman–Crippen MR) is 92.8 cm³/mol. The van der Waals surface area contributed by atoms with E-state index in [-0.39, 0.29) is 0 Å². The van der Waals surface area contributed by atoms with E-state index in [1.54, 1.807) is 0 Å². The topological polar surface area (TPSA) is 15.3 Å². The molecule has 0 aromatic carbocycles. The summed E-state index contributed by atoms with van der Waals surface area (Å²) in [6, 6.07) is 1.57. The second kappa shape index (κ2) is 9.84. The third-order valence-corrected chi connectivity index (χ3v) is 5.81. The van der Waals surface area contributed by atoms with Crippen LogP contribution in [0, 0.1) is 5.92 Å². The summed E-state index contributed by atoms with van der Waals surface area (Å²) >= 11 is 0. The number of likely N-dealkylation sites (tertiary alicyclic amines) is 1. The normalized spacial score (nSPS) is 33.1. The fourth-order valence-electron chi connectivity index (χ4n) is 4.40. The molecule has 1 aliphatic heterocycles. The van der Waals surface area contributed by atoms with Crippen LogP contribution >= 0.6 is 0 Å². The molecular formula is C19H38N2. The van der Waals surface area contributed by atoms with E-state index < -0.39 is 0 Å². The van der Waals surface area contributed by atoms with Gasteiger partial charge in [-0.15, -0.1) is 0 Å². The zero-order chi connectivity index (χ0) is 14.9. The molecule has 124 valence electrons. The van der Waals surface area contributed by atoms with Crippen molar-refractivity contribution in [2.24, 2.45) is 5.92 Å². The molecule has 1 saturated heterocycles. The molecule has 1 N–H and O–H groups in total. The van der Waals surface area contributed by atoms with Crippen LogP contribution in [0.2, 0.25) is 0 Å². The second-order valence-electron chi connectivity index (χ2n) is 7.36. The first-order chi connectivity index (χ1) is 10.3. The van der Waals surface area contributed by atoms with Gasteiger partial charge in [0.15, 0.2) is 0 Å². The van der Waals surface area contributed by atoms with Crippen LogP contribution in [0.1, 0.15) is 84.5 Å². The molecule has 0 radical (unpaired) electrons. The Bertz CT molecular complexity index is 264. The first kappa shape index (κ1) is 17.3. The van der Waals surface area contributed by atoms with Crippen molar-refractivity contribution in [3.63, 3.8) is 0 Å². The molecule has 1 heterocycles. The highest BCUT2D eigenvalue weighted by atomic mass is 15.2. The Morgan fingerprint density at radius 2 is 1.67 bits per heavy atom. The van der Waals surface area contributed by atoms with Crippen molar-refractivity contribution in [1.29, 1.82) is 0 Å². The number of hydrogen-bond donors (Lipinski definition) is 1. The molecule has 0 aromatic heterocycles. The van der Waals surface area contributed by atoms with Crippen molar-refractivity contribution in [3.05, 3.63) is 0 Å². The zero-order valence-electron chi connectivity index (χ0n) is 14.6. The molecule has 0 bridgehead atoms. The van der Waals surface area contributed by atoms with E-state index in [9.17, 15) is 0 Å². The van der Waals surface area contributed by atoms with Gasteiger partial charge >= 0.3 is 0 Å². The summed E-state index contributed by atoms with van der Waals surface area (Å²) in [6.07, 6.45) is 15.6. The fraction of sp³-hybridized carbons (Fsp3) is 1.00. The van der Waals surface area contributed by atoms with Gasteiger partial charge in [0.1, 0.15) is 0 Å². The second-order valence-corrected chi connectivity index (χ2v) is 7.36. The predicted octanol–water partition coefficient (Wildman–Crippen LogP) is 4.59. The molecule has 2 heteroatoms. The average molecular weight is 295 g/mol. The standard InChI is InChI=1S/C19H38N2/c1-3-14-20-18-11-7-5-6-8-12-19(18)21-15-9-10-17(4-2)13-16-21/h17-20H,3-16H2,1-2H3. The van der Waals surface area contributed by atoms with Crippen molar-refractivity contribution in [3.8, 4) is 0 Å². The van der Waals surface area contributed by atoms with Gasteiger partial charge in [0.25, 0.3) is 0 Å². The van der Waals surface area contributed by atoms with Crippen molar-refractivity contribution in [2.45, 2.75) is 96.6 Å². The molecule has 3 atom stereocenters. The van der Waals surface area contributed by atoms with Crippen LogP contribution in [0.5, 0.6) is 0 Å². The van der Waals surface area contributed by atoms with Crippen LogP contribution in [0.3, 0.4) is 0 Å². The minimum atomic E-state index is 0.753. The monoisotopic (exact) mass is 294 g/mol. The van der Waals surface area contributed by atoms with E-state index in [4.69, 9.17) is 0 Å². The summed E-state index contributed by atoms with van der Waals surface area (Å²) in [6.45, 7) is 8.58. The molecular weight excluding hydrogens is 256 g/mol. The summed E-state index contributed by atoms with van der Waals surface area (Å²) < 4.78 is 0. The maximum atomic E-state index is 3.89. The largest absolute Gasteiger partial charge is 0.312 e. The minimum Gasteiger partial charge on any atom is -0.312 e.